The van der Waals surface area contributed by atoms with E-state index in [1.54, 1.807) is 35.0 Å². The number of aromatic nitrogens is 4. The molecule has 0 saturated heterocycles. The maximum atomic E-state index is 14.8. The van der Waals surface area contributed by atoms with E-state index in [1.165, 1.54) is 6.07 Å². The Labute approximate surface area is 179 Å². The minimum atomic E-state index is -0.421. The topological polar surface area (TPSA) is 76.3 Å². The molecule has 2 heterocycles. The number of hydrogen-bond donors (Lipinski definition) is 1. The fourth-order valence-corrected chi connectivity index (χ4v) is 3.72. The molecule has 160 valence electrons. The van der Waals surface area contributed by atoms with Gasteiger partial charge in [0.25, 0.3) is 0 Å². The van der Waals surface area contributed by atoms with Gasteiger partial charge >= 0.3 is 0 Å². The fourth-order valence-electron chi connectivity index (χ4n) is 3.72. The van der Waals surface area contributed by atoms with Crippen LogP contribution in [0, 0.1) is 19.7 Å². The third-order valence-electron chi connectivity index (χ3n) is 5.13. The summed E-state index contributed by atoms with van der Waals surface area (Å²) in [6.45, 7) is 6.58. The molecule has 0 aliphatic rings. The van der Waals surface area contributed by atoms with Gasteiger partial charge < -0.3 is 14.7 Å². The van der Waals surface area contributed by atoms with Crippen LogP contribution in [0.3, 0.4) is 0 Å². The molecule has 7 nitrogen and oxygen atoms in total. The Hall–Kier alpha value is -3.68. The lowest BCUT2D eigenvalue weighted by Gasteiger charge is -2.18. The number of fused-ring (bicyclic) bond motifs is 1. The summed E-state index contributed by atoms with van der Waals surface area (Å²) in [6, 6.07) is 11.8. The molecule has 0 amide bonds. The zero-order chi connectivity index (χ0) is 22.1. The minimum absolute atomic E-state index is 0.206. The number of phenolic OH excluding ortho intramolecular Hbond substituents is 1. The number of benzene rings is 2. The number of rotatable bonds is 6. The Kier molecular flexibility index (Phi) is 5.46. The highest BCUT2D eigenvalue weighted by Gasteiger charge is 2.21. The van der Waals surface area contributed by atoms with Crippen molar-refractivity contribution < 1.29 is 14.2 Å². The molecular weight excluding hydrogens is 397 g/mol. The predicted molar refractivity (Wildman–Crippen MR) is 117 cm³/mol. The molecule has 0 atom stereocenters. The molecule has 4 aromatic rings. The summed E-state index contributed by atoms with van der Waals surface area (Å²) in [5, 5.41) is 23.9. The molecule has 2 aromatic carbocycles. The number of hydrogen-bond acceptors (Lipinski definition) is 6. The van der Waals surface area contributed by atoms with Gasteiger partial charge in [-0.3, -0.25) is 0 Å². The standard InChI is InChI=1S/C23H24FN5O2/c1-5-31-18-9-10-20(19(24)12-18)29-15(3)21-14(2)25-26-23(22(21)27-29)28(4)13-16-7-6-8-17(30)11-16/h6-12,30H,5,13H2,1-4H3. The summed E-state index contributed by atoms with van der Waals surface area (Å²) < 4.78 is 21.8. The molecule has 4 rings (SSSR count). The first-order valence-corrected chi connectivity index (χ1v) is 10.0. The Bertz CT molecular complexity index is 1250. The highest BCUT2D eigenvalue weighted by atomic mass is 19.1. The van der Waals surface area contributed by atoms with Crippen molar-refractivity contribution in [2.45, 2.75) is 27.3 Å². The van der Waals surface area contributed by atoms with Gasteiger partial charge in [-0.25, -0.2) is 9.07 Å². The molecule has 0 aliphatic carbocycles. The maximum absolute atomic E-state index is 14.8. The SMILES string of the molecule is CCOc1ccc(-n2nc3c(N(C)Cc4cccc(O)c4)nnc(C)c3c2C)c(F)c1. The third-order valence-corrected chi connectivity index (χ3v) is 5.13. The average molecular weight is 421 g/mol. The van der Waals surface area contributed by atoms with Crippen LogP contribution in [0.1, 0.15) is 23.9 Å². The monoisotopic (exact) mass is 421 g/mol. The van der Waals surface area contributed by atoms with Crippen molar-refractivity contribution >= 4 is 16.7 Å². The molecule has 1 N–H and O–H groups in total. The van der Waals surface area contributed by atoms with Crippen molar-refractivity contribution in [3.63, 3.8) is 0 Å². The molecule has 2 aromatic heterocycles. The van der Waals surface area contributed by atoms with Crippen molar-refractivity contribution in [2.75, 3.05) is 18.6 Å². The number of nitrogens with zero attached hydrogens (tertiary/aromatic N) is 5. The lowest BCUT2D eigenvalue weighted by Crippen LogP contribution is -2.19. The van der Waals surface area contributed by atoms with E-state index in [9.17, 15) is 9.50 Å². The molecule has 0 spiro atoms. The quantitative estimate of drug-likeness (QED) is 0.500. The third kappa shape index (κ3) is 3.88. The molecule has 0 fully saturated rings. The van der Waals surface area contributed by atoms with Crippen molar-refractivity contribution in [3.8, 4) is 17.2 Å². The van der Waals surface area contributed by atoms with Crippen molar-refractivity contribution in [1.82, 2.24) is 20.0 Å². The number of aryl methyl sites for hydroxylation is 2. The highest BCUT2D eigenvalue weighted by molar-refractivity contribution is 5.92. The van der Waals surface area contributed by atoms with Crippen molar-refractivity contribution in [3.05, 3.63) is 65.2 Å². The van der Waals surface area contributed by atoms with Crippen LogP contribution >= 0.6 is 0 Å². The van der Waals surface area contributed by atoms with Crippen LogP contribution in [0.2, 0.25) is 0 Å². The van der Waals surface area contributed by atoms with Gasteiger partial charge in [-0.05, 0) is 50.6 Å². The maximum Gasteiger partial charge on any atom is 0.179 e. The summed E-state index contributed by atoms with van der Waals surface area (Å²) in [5.74, 6) is 0.841. The number of anilines is 1. The van der Waals surface area contributed by atoms with E-state index in [4.69, 9.17) is 9.84 Å². The van der Waals surface area contributed by atoms with Gasteiger partial charge in [0.2, 0.25) is 0 Å². The molecular formula is C23H24FN5O2. The van der Waals surface area contributed by atoms with Crippen LogP contribution in [0.15, 0.2) is 42.5 Å². The summed E-state index contributed by atoms with van der Waals surface area (Å²) in [7, 11) is 1.88. The molecule has 0 unspecified atom stereocenters. The Morgan fingerprint density at radius 3 is 2.65 bits per heavy atom. The largest absolute Gasteiger partial charge is 0.508 e. The smallest absolute Gasteiger partial charge is 0.179 e. The second-order valence-electron chi connectivity index (χ2n) is 7.40. The second kappa shape index (κ2) is 8.22. The summed E-state index contributed by atoms with van der Waals surface area (Å²) >= 11 is 0. The first-order valence-electron chi connectivity index (χ1n) is 10.0. The van der Waals surface area contributed by atoms with Crippen molar-refractivity contribution in [2.24, 2.45) is 0 Å². The molecule has 0 aliphatic heterocycles. The first-order chi connectivity index (χ1) is 14.9. The summed E-state index contributed by atoms with van der Waals surface area (Å²) in [5.41, 5.74) is 3.39. The van der Waals surface area contributed by atoms with Crippen LogP contribution in [0.4, 0.5) is 10.2 Å². The number of halogens is 1. The molecule has 0 radical (unpaired) electrons. The number of phenols is 1. The van der Waals surface area contributed by atoms with Crippen LogP contribution in [-0.2, 0) is 6.54 Å². The van der Waals surface area contributed by atoms with E-state index in [2.05, 4.69) is 10.2 Å². The van der Waals surface area contributed by atoms with E-state index >= 15 is 0 Å². The van der Waals surface area contributed by atoms with Gasteiger partial charge in [0.1, 0.15) is 22.7 Å². The molecule has 0 saturated carbocycles. The van der Waals surface area contributed by atoms with Gasteiger partial charge in [-0.2, -0.15) is 10.2 Å². The summed E-state index contributed by atoms with van der Waals surface area (Å²) in [4.78, 5) is 1.91. The van der Waals surface area contributed by atoms with Gasteiger partial charge in [0, 0.05) is 19.7 Å². The van der Waals surface area contributed by atoms with Gasteiger partial charge in [-0.1, -0.05) is 12.1 Å². The fraction of sp³-hybridized carbons (Fsp3) is 0.261. The van der Waals surface area contributed by atoms with Crippen LogP contribution < -0.4 is 9.64 Å². The van der Waals surface area contributed by atoms with Crippen molar-refractivity contribution in [1.29, 1.82) is 0 Å². The molecule has 0 bridgehead atoms. The Balaban J connectivity index is 1.79. The van der Waals surface area contributed by atoms with E-state index in [0.29, 0.717) is 35.9 Å². The zero-order valence-corrected chi connectivity index (χ0v) is 17.9. The highest BCUT2D eigenvalue weighted by Crippen LogP contribution is 2.31. The number of aromatic hydroxyl groups is 1. The van der Waals surface area contributed by atoms with Gasteiger partial charge in [0.05, 0.1) is 23.4 Å². The summed E-state index contributed by atoms with van der Waals surface area (Å²) in [6.07, 6.45) is 0. The van der Waals surface area contributed by atoms with E-state index in [1.807, 2.05) is 38.8 Å². The zero-order valence-electron chi connectivity index (χ0n) is 17.9. The Morgan fingerprint density at radius 1 is 1.13 bits per heavy atom. The average Bonchev–Trinajstić information content (AvgIpc) is 3.06. The molecule has 8 heteroatoms. The lowest BCUT2D eigenvalue weighted by molar-refractivity contribution is 0.338. The first kappa shape index (κ1) is 20.6. The molecule has 31 heavy (non-hydrogen) atoms. The minimum Gasteiger partial charge on any atom is -0.508 e. The van der Waals surface area contributed by atoms with Crippen LogP contribution in [0.5, 0.6) is 11.5 Å². The second-order valence-corrected chi connectivity index (χ2v) is 7.40. The van der Waals surface area contributed by atoms with E-state index in [-0.39, 0.29) is 5.75 Å². The predicted octanol–water partition coefficient (Wildman–Crippen LogP) is 4.31. The van der Waals surface area contributed by atoms with Crippen LogP contribution in [-0.4, -0.2) is 38.7 Å². The lowest BCUT2D eigenvalue weighted by atomic mass is 10.2. The van der Waals surface area contributed by atoms with Gasteiger partial charge in [0.15, 0.2) is 11.6 Å². The van der Waals surface area contributed by atoms with E-state index in [0.717, 1.165) is 22.3 Å². The number of ether oxygens (including phenoxy) is 1. The van der Waals surface area contributed by atoms with E-state index < -0.39 is 5.82 Å². The normalized spacial score (nSPS) is 11.1. The van der Waals surface area contributed by atoms with Crippen LogP contribution in [0.25, 0.3) is 16.6 Å². The Morgan fingerprint density at radius 2 is 1.94 bits per heavy atom. The van der Waals surface area contributed by atoms with Gasteiger partial charge in [-0.15, -0.1) is 5.10 Å².